The Morgan fingerprint density at radius 3 is 2.21 bits per heavy atom. The average molecular weight is 449 g/mol. The highest BCUT2D eigenvalue weighted by molar-refractivity contribution is 6.04. The number of phenolic OH excluding ortho intramolecular Hbond substituents is 1. The highest BCUT2D eigenvalue weighted by Crippen LogP contribution is 2.25. The van der Waals surface area contributed by atoms with Gasteiger partial charge in [-0.2, -0.15) is 0 Å². The zero-order chi connectivity index (χ0) is 23.5. The first kappa shape index (κ1) is 21.0. The van der Waals surface area contributed by atoms with Gasteiger partial charge in [-0.3, -0.25) is 4.79 Å². The van der Waals surface area contributed by atoms with Crippen LogP contribution in [-0.2, 0) is 0 Å². The third-order valence-corrected chi connectivity index (χ3v) is 5.10. The van der Waals surface area contributed by atoms with Crippen LogP contribution < -0.4 is 5.32 Å². The number of amides is 1. The normalized spacial score (nSPS) is 10.7. The van der Waals surface area contributed by atoms with Gasteiger partial charge in [0.05, 0.1) is 18.1 Å². The number of nitrogens with one attached hydrogen (secondary N) is 1. The van der Waals surface area contributed by atoms with E-state index in [0.29, 0.717) is 40.0 Å². The van der Waals surface area contributed by atoms with Gasteiger partial charge in [-0.25, -0.2) is 9.97 Å². The molecule has 1 amide bonds. The van der Waals surface area contributed by atoms with Crippen LogP contribution in [0.15, 0.2) is 89.6 Å². The van der Waals surface area contributed by atoms with Crippen LogP contribution in [0, 0.1) is 6.92 Å². The predicted molar refractivity (Wildman–Crippen MR) is 127 cm³/mol. The summed E-state index contributed by atoms with van der Waals surface area (Å²) in [6, 6.07) is 21.4. The molecule has 2 heterocycles. The van der Waals surface area contributed by atoms with Crippen LogP contribution in [0.5, 0.6) is 5.75 Å². The smallest absolute Gasteiger partial charge is 0.255 e. The number of carbonyl (C=O) groups excluding carboxylic acids is 1. The van der Waals surface area contributed by atoms with E-state index in [1.807, 2.05) is 31.2 Å². The maximum Gasteiger partial charge on any atom is 0.255 e. The number of nitrogens with zero attached hydrogens (tertiary/aromatic N) is 4. The monoisotopic (exact) mass is 449 g/mol. The molecule has 2 N–H and O–H groups in total. The van der Waals surface area contributed by atoms with E-state index in [2.05, 4.69) is 25.5 Å². The number of benzene rings is 3. The van der Waals surface area contributed by atoms with Crippen molar-refractivity contribution in [3.8, 4) is 40.0 Å². The SMILES string of the molecule is Cc1cccc(-c2nnc(-c3ccc(C(=O)Nc4cnc(-c5cccc(O)c5)nc4)cc3)o2)c1. The summed E-state index contributed by atoms with van der Waals surface area (Å²) in [5, 5.41) is 20.6. The lowest BCUT2D eigenvalue weighted by Crippen LogP contribution is -2.12. The molecule has 0 saturated carbocycles. The van der Waals surface area contributed by atoms with Crippen LogP contribution in [0.25, 0.3) is 34.3 Å². The first-order chi connectivity index (χ1) is 16.5. The summed E-state index contributed by atoms with van der Waals surface area (Å²) in [5.74, 6) is 1.09. The molecule has 166 valence electrons. The Bertz CT molecular complexity index is 1460. The number of aromatic hydroxyl groups is 1. The van der Waals surface area contributed by atoms with Crippen LogP contribution in [-0.4, -0.2) is 31.2 Å². The summed E-state index contributed by atoms with van der Waals surface area (Å²) in [4.78, 5) is 21.1. The molecule has 0 saturated heterocycles. The van der Waals surface area contributed by atoms with Crippen LogP contribution in [0.4, 0.5) is 5.69 Å². The highest BCUT2D eigenvalue weighted by Gasteiger charge is 2.13. The molecule has 0 fully saturated rings. The van der Waals surface area contributed by atoms with Gasteiger partial charge in [-0.05, 0) is 55.5 Å². The molecule has 8 nitrogen and oxygen atoms in total. The minimum Gasteiger partial charge on any atom is -0.508 e. The fourth-order valence-corrected chi connectivity index (χ4v) is 3.39. The van der Waals surface area contributed by atoms with E-state index in [1.54, 1.807) is 48.5 Å². The van der Waals surface area contributed by atoms with Gasteiger partial charge in [0.25, 0.3) is 5.91 Å². The van der Waals surface area contributed by atoms with E-state index in [0.717, 1.165) is 11.1 Å². The van der Waals surface area contributed by atoms with Crippen LogP contribution in [0.2, 0.25) is 0 Å². The molecule has 0 aliphatic heterocycles. The topological polar surface area (TPSA) is 114 Å². The third kappa shape index (κ3) is 4.51. The average Bonchev–Trinajstić information content (AvgIpc) is 3.35. The molecule has 34 heavy (non-hydrogen) atoms. The Hall–Kier alpha value is -4.85. The van der Waals surface area contributed by atoms with Crippen LogP contribution in [0.3, 0.4) is 0 Å². The standard InChI is InChI=1S/C26H19N5O3/c1-16-4-2-6-20(12-16)26-31-30-25(34-26)18-10-8-17(9-11-18)24(33)29-21-14-27-23(28-15-21)19-5-3-7-22(32)13-19/h2-15,32H,1H3,(H,29,33). The maximum absolute atomic E-state index is 12.6. The van der Waals surface area contributed by atoms with E-state index in [9.17, 15) is 9.90 Å². The molecular formula is C26H19N5O3. The van der Waals surface area contributed by atoms with Crippen molar-refractivity contribution in [2.45, 2.75) is 6.92 Å². The van der Waals surface area contributed by atoms with Gasteiger partial charge >= 0.3 is 0 Å². The molecule has 0 aliphatic carbocycles. The molecular weight excluding hydrogens is 430 g/mol. The van der Waals surface area contributed by atoms with Crippen molar-refractivity contribution in [2.75, 3.05) is 5.32 Å². The van der Waals surface area contributed by atoms with Gasteiger partial charge in [-0.1, -0.05) is 29.8 Å². The number of anilines is 1. The molecule has 5 aromatic rings. The number of rotatable bonds is 5. The molecule has 8 heteroatoms. The van der Waals surface area contributed by atoms with Gasteiger partial charge < -0.3 is 14.8 Å². The Kier molecular flexibility index (Phi) is 5.53. The summed E-state index contributed by atoms with van der Waals surface area (Å²) < 4.78 is 5.81. The van der Waals surface area contributed by atoms with Crippen molar-refractivity contribution in [3.05, 3.63) is 96.3 Å². The molecule has 0 radical (unpaired) electrons. The Labute approximate surface area is 195 Å². The predicted octanol–water partition coefficient (Wildman–Crippen LogP) is 5.13. The van der Waals surface area contributed by atoms with Gasteiger partial charge in [-0.15, -0.1) is 10.2 Å². The van der Waals surface area contributed by atoms with Crippen molar-refractivity contribution in [3.63, 3.8) is 0 Å². The molecule has 0 aliphatic rings. The number of aryl methyl sites for hydroxylation is 1. The fraction of sp³-hybridized carbons (Fsp3) is 0.0385. The Morgan fingerprint density at radius 1 is 0.824 bits per heavy atom. The quantitative estimate of drug-likeness (QED) is 0.382. The lowest BCUT2D eigenvalue weighted by molar-refractivity contribution is 0.102. The second kappa shape index (κ2) is 8.95. The molecule has 2 aromatic heterocycles. The summed E-state index contributed by atoms with van der Waals surface area (Å²) in [6.07, 6.45) is 3.04. The van der Waals surface area contributed by atoms with Crippen LogP contribution >= 0.6 is 0 Å². The summed E-state index contributed by atoms with van der Waals surface area (Å²) in [5.41, 5.74) is 4.26. The van der Waals surface area contributed by atoms with Gasteiger partial charge in [0.15, 0.2) is 5.82 Å². The van der Waals surface area contributed by atoms with Crippen LogP contribution in [0.1, 0.15) is 15.9 Å². The molecule has 0 spiro atoms. The largest absolute Gasteiger partial charge is 0.508 e. The van der Waals surface area contributed by atoms with Crippen molar-refractivity contribution in [2.24, 2.45) is 0 Å². The zero-order valence-corrected chi connectivity index (χ0v) is 18.1. The Balaban J connectivity index is 1.27. The summed E-state index contributed by atoms with van der Waals surface area (Å²) in [7, 11) is 0. The summed E-state index contributed by atoms with van der Waals surface area (Å²) >= 11 is 0. The van der Waals surface area contributed by atoms with E-state index in [-0.39, 0.29) is 11.7 Å². The number of hydrogen-bond acceptors (Lipinski definition) is 7. The number of hydrogen-bond donors (Lipinski definition) is 2. The van der Waals surface area contributed by atoms with Gasteiger partial charge in [0, 0.05) is 22.3 Å². The molecule has 3 aromatic carbocycles. The highest BCUT2D eigenvalue weighted by atomic mass is 16.4. The van der Waals surface area contributed by atoms with E-state index >= 15 is 0 Å². The third-order valence-electron chi connectivity index (χ3n) is 5.10. The van der Waals surface area contributed by atoms with Gasteiger partial charge in [0.1, 0.15) is 5.75 Å². The first-order valence-corrected chi connectivity index (χ1v) is 10.5. The number of aromatic nitrogens is 4. The van der Waals surface area contributed by atoms with E-state index in [1.165, 1.54) is 12.4 Å². The fourth-order valence-electron chi connectivity index (χ4n) is 3.39. The van der Waals surface area contributed by atoms with Gasteiger partial charge in [0.2, 0.25) is 11.8 Å². The molecule has 0 atom stereocenters. The first-order valence-electron chi connectivity index (χ1n) is 10.5. The molecule has 0 bridgehead atoms. The Morgan fingerprint density at radius 2 is 1.50 bits per heavy atom. The van der Waals surface area contributed by atoms with Crippen molar-refractivity contribution in [1.82, 2.24) is 20.2 Å². The maximum atomic E-state index is 12.6. The minimum atomic E-state index is -0.300. The van der Waals surface area contributed by atoms with E-state index < -0.39 is 0 Å². The number of phenols is 1. The molecule has 0 unspecified atom stereocenters. The second-order valence-electron chi connectivity index (χ2n) is 7.66. The van der Waals surface area contributed by atoms with Crippen molar-refractivity contribution >= 4 is 11.6 Å². The summed E-state index contributed by atoms with van der Waals surface area (Å²) in [6.45, 7) is 2.00. The minimum absolute atomic E-state index is 0.133. The second-order valence-corrected chi connectivity index (χ2v) is 7.66. The van der Waals surface area contributed by atoms with E-state index in [4.69, 9.17) is 4.42 Å². The molecule has 5 rings (SSSR count). The zero-order valence-electron chi connectivity index (χ0n) is 18.1. The lowest BCUT2D eigenvalue weighted by Gasteiger charge is -2.06. The lowest BCUT2D eigenvalue weighted by atomic mass is 10.1. The van der Waals surface area contributed by atoms with Crippen molar-refractivity contribution < 1.29 is 14.3 Å². The number of carbonyl (C=O) groups is 1. The van der Waals surface area contributed by atoms with Crippen molar-refractivity contribution in [1.29, 1.82) is 0 Å².